The van der Waals surface area contributed by atoms with E-state index >= 15 is 0 Å². The van der Waals surface area contributed by atoms with E-state index in [0.717, 1.165) is 5.54 Å². The van der Waals surface area contributed by atoms with Gasteiger partial charge in [0.1, 0.15) is 0 Å². The molecule has 0 fully saturated rings. The first-order chi connectivity index (χ1) is 9.75. The SMILES string of the molecule is CC[Si](CC)(CC)C1CCCC2=C1CC1=C2CCC=C1. The predicted molar refractivity (Wildman–Crippen MR) is 91.8 cm³/mol. The third-order valence-corrected chi connectivity index (χ3v) is 12.9. The molecule has 0 N–H and O–H groups in total. The van der Waals surface area contributed by atoms with Crippen LogP contribution in [0.3, 0.4) is 0 Å². The van der Waals surface area contributed by atoms with Crippen molar-refractivity contribution < 1.29 is 0 Å². The van der Waals surface area contributed by atoms with Crippen LogP contribution in [0.2, 0.25) is 23.7 Å². The van der Waals surface area contributed by atoms with Gasteiger partial charge in [-0.25, -0.2) is 0 Å². The van der Waals surface area contributed by atoms with Crippen molar-refractivity contribution >= 4 is 8.07 Å². The molecule has 1 heteroatoms. The Balaban J connectivity index is 1.96. The summed E-state index contributed by atoms with van der Waals surface area (Å²) in [4.78, 5) is 0. The Morgan fingerprint density at radius 2 is 1.80 bits per heavy atom. The largest absolute Gasteiger partial charge is 0.0839 e. The van der Waals surface area contributed by atoms with Gasteiger partial charge in [-0.2, -0.15) is 0 Å². The van der Waals surface area contributed by atoms with Crippen LogP contribution in [0, 0.1) is 0 Å². The van der Waals surface area contributed by atoms with E-state index in [2.05, 4.69) is 32.9 Å². The Bertz CT molecular complexity index is 466. The van der Waals surface area contributed by atoms with Crippen LogP contribution in [0.15, 0.2) is 34.4 Å². The highest BCUT2D eigenvalue weighted by Crippen LogP contribution is 2.54. The highest BCUT2D eigenvalue weighted by Gasteiger charge is 2.42. The maximum atomic E-state index is 2.48. The number of hydrogen-bond donors (Lipinski definition) is 0. The minimum atomic E-state index is -1.08. The van der Waals surface area contributed by atoms with Crippen molar-refractivity contribution in [1.82, 2.24) is 0 Å². The van der Waals surface area contributed by atoms with Gasteiger partial charge in [0.15, 0.2) is 0 Å². The van der Waals surface area contributed by atoms with Crippen molar-refractivity contribution in [2.45, 2.75) is 83.0 Å². The standard InChI is InChI=1S/C19H30Si/c1-4-20(5-2,6-3)19-13-9-12-17-16-11-8-7-10-15(16)14-18(17)19/h7,10,19H,4-6,8-9,11-14H2,1-3H3. The highest BCUT2D eigenvalue weighted by molar-refractivity contribution is 6.81. The first-order valence-corrected chi connectivity index (χ1v) is 11.6. The van der Waals surface area contributed by atoms with Crippen LogP contribution < -0.4 is 0 Å². The molecule has 0 heterocycles. The summed E-state index contributed by atoms with van der Waals surface area (Å²) < 4.78 is 0. The molecular formula is C19H30Si. The fraction of sp³-hybridized carbons (Fsp3) is 0.684. The molecule has 0 aromatic heterocycles. The summed E-state index contributed by atoms with van der Waals surface area (Å²) in [6, 6.07) is 4.46. The monoisotopic (exact) mass is 286 g/mol. The topological polar surface area (TPSA) is 0 Å². The van der Waals surface area contributed by atoms with Gasteiger partial charge in [-0.1, -0.05) is 56.6 Å². The van der Waals surface area contributed by atoms with Crippen molar-refractivity contribution in [2.75, 3.05) is 0 Å². The van der Waals surface area contributed by atoms with Crippen LogP contribution in [0.1, 0.15) is 59.3 Å². The lowest BCUT2D eigenvalue weighted by Crippen LogP contribution is -2.39. The zero-order chi connectivity index (χ0) is 14.2. The van der Waals surface area contributed by atoms with Gasteiger partial charge in [0, 0.05) is 0 Å². The van der Waals surface area contributed by atoms with Crippen LogP contribution in [-0.2, 0) is 0 Å². The lowest BCUT2D eigenvalue weighted by atomic mass is 9.88. The Morgan fingerprint density at radius 3 is 2.50 bits per heavy atom. The van der Waals surface area contributed by atoms with E-state index in [0.29, 0.717) is 0 Å². The van der Waals surface area contributed by atoms with Crippen molar-refractivity contribution in [2.24, 2.45) is 0 Å². The second kappa shape index (κ2) is 5.67. The van der Waals surface area contributed by atoms with E-state index in [1.54, 1.807) is 11.1 Å². The average molecular weight is 287 g/mol. The highest BCUT2D eigenvalue weighted by atomic mass is 28.3. The number of allylic oxidation sites excluding steroid dienone is 6. The lowest BCUT2D eigenvalue weighted by Gasteiger charge is -2.41. The summed E-state index contributed by atoms with van der Waals surface area (Å²) in [5.74, 6) is 0. The fourth-order valence-corrected chi connectivity index (χ4v) is 10.0. The Morgan fingerprint density at radius 1 is 1.05 bits per heavy atom. The maximum Gasteiger partial charge on any atom is 0.0600 e. The molecule has 0 aromatic carbocycles. The van der Waals surface area contributed by atoms with Gasteiger partial charge in [0.05, 0.1) is 8.07 Å². The third kappa shape index (κ3) is 2.09. The molecule has 0 spiro atoms. The predicted octanol–water partition coefficient (Wildman–Crippen LogP) is 6.40. The molecule has 0 amide bonds. The molecule has 1 unspecified atom stereocenters. The molecule has 3 rings (SSSR count). The van der Waals surface area contributed by atoms with Gasteiger partial charge < -0.3 is 0 Å². The van der Waals surface area contributed by atoms with Gasteiger partial charge >= 0.3 is 0 Å². The van der Waals surface area contributed by atoms with Crippen LogP contribution in [0.5, 0.6) is 0 Å². The van der Waals surface area contributed by atoms with E-state index in [1.807, 2.05) is 11.1 Å². The summed E-state index contributed by atoms with van der Waals surface area (Å²) in [5, 5.41) is 0. The summed E-state index contributed by atoms with van der Waals surface area (Å²) in [6.45, 7) is 7.45. The normalized spacial score (nSPS) is 26.1. The Kier molecular flexibility index (Phi) is 4.08. The first kappa shape index (κ1) is 14.4. The van der Waals surface area contributed by atoms with E-state index in [9.17, 15) is 0 Å². The molecule has 0 saturated heterocycles. The van der Waals surface area contributed by atoms with Crippen LogP contribution >= 0.6 is 0 Å². The molecule has 0 bridgehead atoms. The quantitative estimate of drug-likeness (QED) is 0.525. The minimum Gasteiger partial charge on any atom is -0.0839 e. The van der Waals surface area contributed by atoms with Crippen molar-refractivity contribution in [3.05, 3.63) is 34.4 Å². The number of fused-ring (bicyclic) bond motifs is 1. The number of rotatable bonds is 4. The summed E-state index contributed by atoms with van der Waals surface area (Å²) >= 11 is 0. The van der Waals surface area contributed by atoms with Crippen molar-refractivity contribution in [1.29, 1.82) is 0 Å². The van der Waals surface area contributed by atoms with E-state index in [-0.39, 0.29) is 0 Å². The molecule has 0 radical (unpaired) electrons. The molecule has 0 aliphatic heterocycles. The van der Waals surface area contributed by atoms with E-state index in [1.165, 1.54) is 56.7 Å². The van der Waals surface area contributed by atoms with Crippen LogP contribution in [0.25, 0.3) is 0 Å². The molecule has 3 aliphatic carbocycles. The van der Waals surface area contributed by atoms with E-state index in [4.69, 9.17) is 0 Å². The van der Waals surface area contributed by atoms with E-state index < -0.39 is 8.07 Å². The van der Waals surface area contributed by atoms with Gasteiger partial charge in [-0.3, -0.25) is 0 Å². The van der Waals surface area contributed by atoms with Crippen molar-refractivity contribution in [3.8, 4) is 0 Å². The summed E-state index contributed by atoms with van der Waals surface area (Å²) in [7, 11) is -1.08. The van der Waals surface area contributed by atoms with Gasteiger partial charge in [-0.05, 0) is 60.8 Å². The van der Waals surface area contributed by atoms with Crippen LogP contribution in [-0.4, -0.2) is 8.07 Å². The molecule has 0 saturated carbocycles. The minimum absolute atomic E-state index is 1.00. The molecule has 20 heavy (non-hydrogen) atoms. The smallest absolute Gasteiger partial charge is 0.0600 e. The molecular weight excluding hydrogens is 256 g/mol. The van der Waals surface area contributed by atoms with Crippen LogP contribution in [0.4, 0.5) is 0 Å². The summed E-state index contributed by atoms with van der Waals surface area (Å²) in [5.41, 5.74) is 8.24. The first-order valence-electron chi connectivity index (χ1n) is 8.86. The molecule has 1 atom stereocenters. The second-order valence-electron chi connectivity index (χ2n) is 6.99. The average Bonchev–Trinajstić information content (AvgIpc) is 2.89. The zero-order valence-corrected chi connectivity index (χ0v) is 14.6. The van der Waals surface area contributed by atoms with Gasteiger partial charge in [-0.15, -0.1) is 0 Å². The summed E-state index contributed by atoms with van der Waals surface area (Å²) in [6.07, 6.45) is 13.1. The number of hydrogen-bond acceptors (Lipinski definition) is 0. The van der Waals surface area contributed by atoms with Gasteiger partial charge in [0.2, 0.25) is 0 Å². The lowest BCUT2D eigenvalue weighted by molar-refractivity contribution is 0.649. The molecule has 0 nitrogen and oxygen atoms in total. The molecule has 110 valence electrons. The maximum absolute atomic E-state index is 2.48. The molecule has 0 aromatic rings. The van der Waals surface area contributed by atoms with Crippen molar-refractivity contribution in [3.63, 3.8) is 0 Å². The third-order valence-electron chi connectivity index (χ3n) is 6.59. The molecule has 3 aliphatic rings. The zero-order valence-electron chi connectivity index (χ0n) is 13.6. The van der Waals surface area contributed by atoms with Gasteiger partial charge in [0.25, 0.3) is 0 Å². The Labute approximate surface area is 126 Å². The second-order valence-corrected chi connectivity index (χ2v) is 12.5. The fourth-order valence-electron chi connectivity index (χ4n) is 5.20. The Hall–Kier alpha value is -0.563.